The molecule has 0 spiro atoms. The van der Waals surface area contributed by atoms with E-state index in [2.05, 4.69) is 13.0 Å². The van der Waals surface area contributed by atoms with Crippen LogP contribution < -0.4 is 0 Å². The Morgan fingerprint density at radius 2 is 1.82 bits per heavy atom. The van der Waals surface area contributed by atoms with Crippen LogP contribution in [0.5, 0.6) is 0 Å². The Hall–Kier alpha value is 0.817. The Balaban J connectivity index is -0.000000149. The van der Waals surface area contributed by atoms with E-state index in [0.717, 1.165) is 5.56 Å². The zero-order chi connectivity index (χ0) is 7.11. The van der Waals surface area contributed by atoms with Crippen LogP contribution in [0.25, 0.3) is 0 Å². The molecule has 0 amide bonds. The quantitative estimate of drug-likeness (QED) is 0.504. The Labute approximate surface area is 108 Å². The second-order valence-electron chi connectivity index (χ2n) is 1.39. The molecule has 0 unspecified atom stereocenters. The normalized spacial score (nSPS) is 6.00. The predicted molar refractivity (Wildman–Crippen MR) is 41.1 cm³/mol. The first-order valence-electron chi connectivity index (χ1n) is 3.18. The Morgan fingerprint density at radius 1 is 1.27 bits per heavy atom. The maximum absolute atomic E-state index is 3.66. The van der Waals surface area contributed by atoms with Gasteiger partial charge in [-0.1, -0.05) is 13.8 Å². The van der Waals surface area contributed by atoms with Gasteiger partial charge in [0.1, 0.15) is 0 Å². The molecule has 0 aliphatic rings. The standard InChI is InChI=1S/C7H6.C2H6.Y.Zn/c1-7-5-3-2-4-6-7;1-2;;/h2-5H,1H2;1-2H3;;/q-2;;;. The number of rotatable bonds is 0. The van der Waals surface area contributed by atoms with Gasteiger partial charge in [0.25, 0.3) is 0 Å². The first kappa shape index (κ1) is 17.8. The van der Waals surface area contributed by atoms with Crippen molar-refractivity contribution in [3.05, 3.63) is 42.8 Å². The van der Waals surface area contributed by atoms with E-state index < -0.39 is 0 Å². The van der Waals surface area contributed by atoms with Gasteiger partial charge in [0.2, 0.25) is 0 Å². The van der Waals surface area contributed by atoms with E-state index in [9.17, 15) is 0 Å². The largest absolute Gasteiger partial charge is 0.374 e. The number of hydrogen-bond donors (Lipinski definition) is 0. The van der Waals surface area contributed by atoms with Crippen LogP contribution in [0.15, 0.2) is 24.3 Å². The van der Waals surface area contributed by atoms with Crippen molar-refractivity contribution < 1.29 is 52.2 Å². The van der Waals surface area contributed by atoms with Gasteiger partial charge in [0.05, 0.1) is 0 Å². The van der Waals surface area contributed by atoms with Crippen molar-refractivity contribution in [2.75, 3.05) is 0 Å². The molecule has 0 fully saturated rings. The van der Waals surface area contributed by atoms with E-state index in [-0.39, 0.29) is 52.2 Å². The smallest absolute Gasteiger partial charge is 0 e. The summed E-state index contributed by atoms with van der Waals surface area (Å²) in [6.07, 6.45) is 0. The summed E-state index contributed by atoms with van der Waals surface area (Å²) < 4.78 is 0. The fourth-order valence-electron chi connectivity index (χ4n) is 0.431. The molecule has 0 saturated heterocycles. The molecule has 0 nitrogen and oxygen atoms in total. The molecule has 2 heteroatoms. The van der Waals surface area contributed by atoms with Crippen molar-refractivity contribution >= 4 is 0 Å². The van der Waals surface area contributed by atoms with Gasteiger partial charge in [-0.15, -0.1) is 6.07 Å². The van der Waals surface area contributed by atoms with Crippen LogP contribution in [0.4, 0.5) is 0 Å². The van der Waals surface area contributed by atoms with Gasteiger partial charge in [-0.25, -0.2) is 0 Å². The van der Waals surface area contributed by atoms with Gasteiger partial charge in [0.15, 0.2) is 0 Å². The third kappa shape index (κ3) is 10.8. The number of benzene rings is 1. The van der Waals surface area contributed by atoms with Gasteiger partial charge >= 0.3 is 0 Å². The summed E-state index contributed by atoms with van der Waals surface area (Å²) in [5.74, 6) is 0. The van der Waals surface area contributed by atoms with E-state index >= 15 is 0 Å². The van der Waals surface area contributed by atoms with E-state index in [1.54, 1.807) is 0 Å². The minimum Gasteiger partial charge on any atom is -0.374 e. The van der Waals surface area contributed by atoms with Gasteiger partial charge in [-0.05, 0) is 0 Å². The molecule has 11 heavy (non-hydrogen) atoms. The summed E-state index contributed by atoms with van der Waals surface area (Å²) in [5.41, 5.74) is 0.947. The summed E-state index contributed by atoms with van der Waals surface area (Å²) in [6, 6.07) is 10.6. The maximum Gasteiger partial charge on any atom is 0 e. The molecule has 1 radical (unpaired) electrons. The van der Waals surface area contributed by atoms with E-state index in [1.165, 1.54) is 0 Å². The number of hydrogen-bond acceptors (Lipinski definition) is 0. The summed E-state index contributed by atoms with van der Waals surface area (Å²) >= 11 is 0. The van der Waals surface area contributed by atoms with Gasteiger partial charge in [0, 0.05) is 52.2 Å². The van der Waals surface area contributed by atoms with Crippen LogP contribution in [-0.2, 0) is 52.2 Å². The Morgan fingerprint density at radius 3 is 2.00 bits per heavy atom. The minimum absolute atomic E-state index is 0. The molecule has 1 rings (SSSR count). The summed E-state index contributed by atoms with van der Waals surface area (Å²) in [6.45, 7) is 7.66. The van der Waals surface area contributed by atoms with Gasteiger partial charge < -0.3 is 18.6 Å². The first-order valence-corrected chi connectivity index (χ1v) is 3.18. The zero-order valence-electron chi connectivity index (χ0n) is 7.30. The minimum atomic E-state index is 0. The average molecular weight is 274 g/mol. The fourth-order valence-corrected chi connectivity index (χ4v) is 0.431. The predicted octanol–water partition coefficient (Wildman–Crippen LogP) is 2.69. The molecule has 0 atom stereocenters. The molecule has 0 heterocycles. The molecule has 0 saturated carbocycles. The van der Waals surface area contributed by atoms with Gasteiger partial charge in [-0.3, -0.25) is 6.07 Å². The molecule has 0 aliphatic heterocycles. The second-order valence-corrected chi connectivity index (χ2v) is 1.39. The molecular weight excluding hydrogens is 262 g/mol. The van der Waals surface area contributed by atoms with E-state index in [1.807, 2.05) is 38.1 Å². The summed E-state index contributed by atoms with van der Waals surface area (Å²) in [7, 11) is 0. The van der Waals surface area contributed by atoms with Crippen molar-refractivity contribution in [2.24, 2.45) is 0 Å². The second kappa shape index (κ2) is 13.4. The summed E-state index contributed by atoms with van der Waals surface area (Å²) in [5, 5.41) is 0. The summed E-state index contributed by atoms with van der Waals surface area (Å²) in [4.78, 5) is 0. The van der Waals surface area contributed by atoms with Gasteiger partial charge in [-0.2, -0.15) is 12.1 Å². The van der Waals surface area contributed by atoms with Crippen LogP contribution in [0, 0.1) is 13.0 Å². The molecule has 0 aromatic heterocycles. The van der Waals surface area contributed by atoms with Crippen LogP contribution in [-0.4, -0.2) is 0 Å². The third-order valence-electron chi connectivity index (χ3n) is 0.773. The van der Waals surface area contributed by atoms with Crippen LogP contribution >= 0.6 is 0 Å². The van der Waals surface area contributed by atoms with Crippen molar-refractivity contribution in [1.29, 1.82) is 0 Å². The zero-order valence-corrected chi connectivity index (χ0v) is 13.1. The van der Waals surface area contributed by atoms with E-state index in [0.29, 0.717) is 0 Å². The third-order valence-corrected chi connectivity index (χ3v) is 0.773. The van der Waals surface area contributed by atoms with Crippen molar-refractivity contribution in [1.82, 2.24) is 0 Å². The average Bonchev–Trinajstić information content (AvgIpc) is 1.94. The SMILES string of the molecule is CC.[CH2-]c1[c-]cccc1.[Y].[Zn]. The van der Waals surface area contributed by atoms with Crippen LogP contribution in [0.3, 0.4) is 0 Å². The Bertz CT molecular complexity index is 139. The van der Waals surface area contributed by atoms with E-state index in [4.69, 9.17) is 0 Å². The Kier molecular flexibility index (Phi) is 21.7. The monoisotopic (exact) mass is 273 g/mol. The molecular formula is C9H12YZn-2. The molecule has 0 aliphatic carbocycles. The first-order chi connectivity index (χ1) is 4.39. The van der Waals surface area contributed by atoms with Crippen LogP contribution in [0.2, 0.25) is 0 Å². The molecule has 55 valence electrons. The molecule has 1 aromatic rings. The molecule has 1 aromatic carbocycles. The fraction of sp³-hybridized carbons (Fsp3) is 0.222. The van der Waals surface area contributed by atoms with Crippen LogP contribution in [0.1, 0.15) is 19.4 Å². The maximum atomic E-state index is 3.66. The molecule has 0 bridgehead atoms. The van der Waals surface area contributed by atoms with Crippen molar-refractivity contribution in [3.8, 4) is 0 Å². The topological polar surface area (TPSA) is 0 Å². The molecule has 0 N–H and O–H groups in total. The van der Waals surface area contributed by atoms with Crippen molar-refractivity contribution in [2.45, 2.75) is 13.8 Å². The van der Waals surface area contributed by atoms with Crippen molar-refractivity contribution in [3.63, 3.8) is 0 Å².